The van der Waals surface area contributed by atoms with Crippen LogP contribution in [0.25, 0.3) is 10.8 Å². The van der Waals surface area contributed by atoms with Crippen LogP contribution in [-0.2, 0) is 0 Å². The van der Waals surface area contributed by atoms with Crippen LogP contribution < -0.4 is 10.5 Å². The van der Waals surface area contributed by atoms with Gasteiger partial charge in [-0.15, -0.1) is 0 Å². The van der Waals surface area contributed by atoms with Crippen molar-refractivity contribution in [1.29, 1.82) is 0 Å². The van der Waals surface area contributed by atoms with E-state index in [4.69, 9.17) is 22.7 Å². The maximum Gasteiger partial charge on any atom is 0.425 e. The molecule has 2 nitrogen and oxygen atoms in total. The lowest BCUT2D eigenvalue weighted by Crippen LogP contribution is -2.31. The standard InChI is InChI=1S/C14H12F3NOS/c1-8(14(15,16)17)19-12-7-6-11(13(18)20)9-4-2-3-5-10(9)12/h2-8H,1H3,(H2,18,20). The van der Waals surface area contributed by atoms with Crippen LogP contribution in [0.15, 0.2) is 36.4 Å². The lowest BCUT2D eigenvalue weighted by atomic mass is 10.0. The van der Waals surface area contributed by atoms with Crippen LogP contribution in [0.4, 0.5) is 13.2 Å². The second-order valence-corrected chi connectivity index (χ2v) is 4.76. The van der Waals surface area contributed by atoms with Gasteiger partial charge in [0.1, 0.15) is 10.7 Å². The summed E-state index contributed by atoms with van der Waals surface area (Å²) in [5.74, 6) is 0.158. The zero-order valence-corrected chi connectivity index (χ0v) is 11.4. The topological polar surface area (TPSA) is 35.2 Å². The molecule has 1 atom stereocenters. The molecule has 0 saturated heterocycles. The van der Waals surface area contributed by atoms with Gasteiger partial charge < -0.3 is 10.5 Å². The molecule has 0 aromatic heterocycles. The highest BCUT2D eigenvalue weighted by molar-refractivity contribution is 7.80. The largest absolute Gasteiger partial charge is 0.481 e. The minimum Gasteiger partial charge on any atom is -0.481 e. The molecule has 2 aromatic carbocycles. The van der Waals surface area contributed by atoms with E-state index in [1.165, 1.54) is 6.07 Å². The summed E-state index contributed by atoms with van der Waals surface area (Å²) < 4.78 is 42.7. The first-order valence-electron chi connectivity index (χ1n) is 5.85. The molecule has 0 fully saturated rings. The average Bonchev–Trinajstić information content (AvgIpc) is 2.37. The number of ether oxygens (including phenoxy) is 1. The maximum absolute atomic E-state index is 12.6. The molecule has 0 bridgehead atoms. The van der Waals surface area contributed by atoms with E-state index < -0.39 is 12.3 Å². The van der Waals surface area contributed by atoms with Gasteiger partial charge in [-0.3, -0.25) is 0 Å². The monoisotopic (exact) mass is 299 g/mol. The number of rotatable bonds is 3. The SMILES string of the molecule is CC(Oc1ccc(C(N)=S)c2ccccc12)C(F)(F)F. The summed E-state index contributed by atoms with van der Waals surface area (Å²) >= 11 is 4.94. The van der Waals surface area contributed by atoms with E-state index in [0.29, 0.717) is 16.3 Å². The molecule has 0 aliphatic heterocycles. The third-order valence-electron chi connectivity index (χ3n) is 2.91. The summed E-state index contributed by atoms with van der Waals surface area (Å²) in [6.07, 6.45) is -6.30. The molecular weight excluding hydrogens is 287 g/mol. The first kappa shape index (κ1) is 14.6. The van der Waals surface area contributed by atoms with Gasteiger partial charge in [0, 0.05) is 10.9 Å². The molecular formula is C14H12F3NOS. The molecule has 0 heterocycles. The van der Waals surface area contributed by atoms with E-state index >= 15 is 0 Å². The van der Waals surface area contributed by atoms with E-state index in [-0.39, 0.29) is 10.7 Å². The maximum atomic E-state index is 12.6. The Morgan fingerprint density at radius 3 is 2.30 bits per heavy atom. The number of thiocarbonyl (C=S) groups is 1. The van der Waals surface area contributed by atoms with Crippen LogP contribution >= 0.6 is 12.2 Å². The van der Waals surface area contributed by atoms with E-state index in [1.807, 2.05) is 0 Å². The van der Waals surface area contributed by atoms with E-state index in [9.17, 15) is 13.2 Å². The zero-order valence-electron chi connectivity index (χ0n) is 10.6. The summed E-state index contributed by atoms with van der Waals surface area (Å²) in [6.45, 7) is 0.969. The number of alkyl halides is 3. The number of benzene rings is 2. The minimum atomic E-state index is -4.41. The Morgan fingerprint density at radius 1 is 1.15 bits per heavy atom. The number of fused-ring (bicyclic) bond motifs is 1. The third kappa shape index (κ3) is 2.85. The van der Waals surface area contributed by atoms with Gasteiger partial charge in [-0.2, -0.15) is 13.2 Å². The smallest absolute Gasteiger partial charge is 0.425 e. The molecule has 1 unspecified atom stereocenters. The molecule has 0 saturated carbocycles. The van der Waals surface area contributed by atoms with Gasteiger partial charge in [-0.1, -0.05) is 36.5 Å². The van der Waals surface area contributed by atoms with Crippen LogP contribution in [0.5, 0.6) is 5.75 Å². The van der Waals surface area contributed by atoms with Crippen molar-refractivity contribution in [1.82, 2.24) is 0 Å². The quantitative estimate of drug-likeness (QED) is 0.876. The fourth-order valence-corrected chi connectivity index (χ4v) is 2.02. The van der Waals surface area contributed by atoms with Crippen LogP contribution in [-0.4, -0.2) is 17.3 Å². The van der Waals surface area contributed by atoms with Gasteiger partial charge in [-0.05, 0) is 24.4 Å². The van der Waals surface area contributed by atoms with E-state index in [1.54, 1.807) is 30.3 Å². The van der Waals surface area contributed by atoms with Crippen LogP contribution in [0.3, 0.4) is 0 Å². The highest BCUT2D eigenvalue weighted by Crippen LogP contribution is 2.32. The Bertz CT molecular complexity index is 654. The van der Waals surface area contributed by atoms with Gasteiger partial charge in [0.25, 0.3) is 0 Å². The number of halogens is 3. The number of nitrogens with two attached hydrogens (primary N) is 1. The lowest BCUT2D eigenvalue weighted by molar-refractivity contribution is -0.188. The van der Waals surface area contributed by atoms with E-state index in [2.05, 4.69) is 0 Å². The van der Waals surface area contributed by atoms with Gasteiger partial charge in [-0.25, -0.2) is 0 Å². The molecule has 0 radical (unpaired) electrons. The minimum absolute atomic E-state index is 0.158. The second-order valence-electron chi connectivity index (χ2n) is 4.32. The summed E-state index contributed by atoms with van der Waals surface area (Å²) in [6, 6.07) is 9.94. The zero-order chi connectivity index (χ0) is 14.9. The second kappa shape index (κ2) is 5.28. The fraction of sp³-hybridized carbons (Fsp3) is 0.214. The van der Waals surface area contributed by atoms with E-state index in [0.717, 1.165) is 6.92 Å². The highest BCUT2D eigenvalue weighted by Gasteiger charge is 2.38. The Kier molecular flexibility index (Phi) is 3.85. The summed E-state index contributed by atoms with van der Waals surface area (Å²) in [5, 5.41) is 1.22. The first-order valence-corrected chi connectivity index (χ1v) is 6.26. The van der Waals surface area contributed by atoms with Crippen molar-refractivity contribution in [3.05, 3.63) is 42.0 Å². The summed E-state index contributed by atoms with van der Waals surface area (Å²) in [7, 11) is 0. The number of hydrogen-bond acceptors (Lipinski definition) is 2. The molecule has 2 aromatic rings. The number of hydrogen-bond donors (Lipinski definition) is 1. The third-order valence-corrected chi connectivity index (χ3v) is 3.13. The Balaban J connectivity index is 2.51. The van der Waals surface area contributed by atoms with Crippen molar-refractivity contribution >= 4 is 28.0 Å². The normalized spacial score (nSPS) is 13.2. The van der Waals surface area contributed by atoms with Crippen molar-refractivity contribution in [2.24, 2.45) is 5.73 Å². The van der Waals surface area contributed by atoms with Crippen molar-refractivity contribution in [2.75, 3.05) is 0 Å². The molecule has 0 aliphatic rings. The summed E-state index contributed by atoms with van der Waals surface area (Å²) in [4.78, 5) is 0.191. The van der Waals surface area contributed by atoms with Gasteiger partial charge in [0.15, 0.2) is 6.10 Å². The predicted molar refractivity (Wildman–Crippen MR) is 76.0 cm³/mol. The summed E-state index contributed by atoms with van der Waals surface area (Å²) in [5.41, 5.74) is 6.22. The average molecular weight is 299 g/mol. The molecule has 0 amide bonds. The van der Waals surface area contributed by atoms with Crippen LogP contribution in [0.1, 0.15) is 12.5 Å². The lowest BCUT2D eigenvalue weighted by Gasteiger charge is -2.19. The molecule has 0 aliphatic carbocycles. The fourth-order valence-electron chi connectivity index (χ4n) is 1.85. The molecule has 2 N–H and O–H groups in total. The van der Waals surface area contributed by atoms with Gasteiger partial charge in [0.2, 0.25) is 0 Å². The molecule has 2 rings (SSSR count). The van der Waals surface area contributed by atoms with Crippen LogP contribution in [0.2, 0.25) is 0 Å². The molecule has 6 heteroatoms. The van der Waals surface area contributed by atoms with Crippen molar-refractivity contribution in [3.8, 4) is 5.75 Å². The van der Waals surface area contributed by atoms with Gasteiger partial charge >= 0.3 is 6.18 Å². The molecule has 20 heavy (non-hydrogen) atoms. The van der Waals surface area contributed by atoms with Crippen molar-refractivity contribution < 1.29 is 17.9 Å². The van der Waals surface area contributed by atoms with Crippen LogP contribution in [0, 0.1) is 0 Å². The Hall–Kier alpha value is -1.82. The van der Waals surface area contributed by atoms with Gasteiger partial charge in [0.05, 0.1) is 0 Å². The highest BCUT2D eigenvalue weighted by atomic mass is 32.1. The molecule has 0 spiro atoms. The molecule has 106 valence electrons. The Labute approximate surface area is 119 Å². The predicted octanol–water partition coefficient (Wildman–Crippen LogP) is 3.80. The van der Waals surface area contributed by atoms with Crippen molar-refractivity contribution in [3.63, 3.8) is 0 Å². The van der Waals surface area contributed by atoms with Crippen molar-refractivity contribution in [2.45, 2.75) is 19.2 Å². The first-order chi connectivity index (χ1) is 9.30. The Morgan fingerprint density at radius 2 is 1.75 bits per heavy atom.